The van der Waals surface area contributed by atoms with E-state index in [4.69, 9.17) is 4.74 Å². The number of rotatable bonds is 11. The summed E-state index contributed by atoms with van der Waals surface area (Å²) in [7, 11) is -1.01. The molecule has 8 nitrogen and oxygen atoms in total. The molecule has 0 saturated carbocycles. The highest BCUT2D eigenvalue weighted by Crippen LogP contribution is 2.28. The van der Waals surface area contributed by atoms with Gasteiger partial charge in [0.2, 0.25) is 11.8 Å². The summed E-state index contributed by atoms with van der Waals surface area (Å²) in [5, 5.41) is 2.63. The Morgan fingerprint density at radius 3 is 2.13 bits per heavy atom. The summed E-state index contributed by atoms with van der Waals surface area (Å²) in [6.07, 6.45) is 0.358. The Morgan fingerprint density at radius 2 is 1.58 bits per heavy atom. The van der Waals surface area contributed by atoms with Gasteiger partial charge >= 0.3 is 0 Å². The van der Waals surface area contributed by atoms with Crippen molar-refractivity contribution in [1.82, 2.24) is 10.2 Å². The van der Waals surface area contributed by atoms with Gasteiger partial charge in [0.25, 0.3) is 10.0 Å². The highest BCUT2D eigenvalue weighted by molar-refractivity contribution is 7.92. The second kappa shape index (κ2) is 12.6. The van der Waals surface area contributed by atoms with Crippen molar-refractivity contribution in [2.45, 2.75) is 44.7 Å². The van der Waals surface area contributed by atoms with Gasteiger partial charge in [0.05, 0.1) is 17.7 Å². The van der Waals surface area contributed by atoms with Crippen molar-refractivity contribution < 1.29 is 22.7 Å². The number of nitrogens with zero attached hydrogens (tertiary/aromatic N) is 2. The summed E-state index contributed by atoms with van der Waals surface area (Å²) in [4.78, 5) is 28.2. The Labute approximate surface area is 225 Å². The van der Waals surface area contributed by atoms with Crippen molar-refractivity contribution >= 4 is 27.5 Å². The summed E-state index contributed by atoms with van der Waals surface area (Å²) >= 11 is 0. The molecule has 3 rings (SSSR count). The van der Waals surface area contributed by atoms with Crippen LogP contribution in [0.1, 0.15) is 30.0 Å². The molecule has 0 unspecified atom stereocenters. The molecule has 38 heavy (non-hydrogen) atoms. The van der Waals surface area contributed by atoms with Crippen molar-refractivity contribution in [2.75, 3.05) is 25.0 Å². The maximum Gasteiger partial charge on any atom is 0.264 e. The number of benzene rings is 3. The highest BCUT2D eigenvalue weighted by Gasteiger charge is 2.33. The molecule has 3 aromatic rings. The lowest BCUT2D eigenvalue weighted by Gasteiger charge is -2.33. The number of para-hydroxylation sites is 1. The molecule has 0 bridgehead atoms. The van der Waals surface area contributed by atoms with E-state index in [1.54, 1.807) is 56.5 Å². The molecule has 1 N–H and O–H groups in total. The molecule has 0 aliphatic heterocycles. The molecule has 9 heteroatoms. The number of amides is 2. The summed E-state index contributed by atoms with van der Waals surface area (Å²) in [6.45, 7) is 5.15. The molecule has 0 saturated heterocycles. The van der Waals surface area contributed by atoms with Gasteiger partial charge < -0.3 is 15.0 Å². The van der Waals surface area contributed by atoms with Crippen LogP contribution >= 0.6 is 0 Å². The number of methoxy groups -OCH3 is 1. The van der Waals surface area contributed by atoms with Crippen molar-refractivity contribution in [1.29, 1.82) is 0 Å². The molecule has 202 valence electrons. The fraction of sp³-hybridized carbons (Fsp3) is 0.310. The van der Waals surface area contributed by atoms with Crippen molar-refractivity contribution in [3.63, 3.8) is 0 Å². The number of ether oxygens (including phenoxy) is 1. The van der Waals surface area contributed by atoms with Gasteiger partial charge in [0, 0.05) is 13.6 Å². The van der Waals surface area contributed by atoms with Gasteiger partial charge in [0.15, 0.2) is 0 Å². The van der Waals surface area contributed by atoms with Crippen LogP contribution in [0, 0.1) is 13.8 Å². The average Bonchev–Trinajstić information content (AvgIpc) is 2.92. The molecule has 0 aliphatic rings. The molecular weight excluding hydrogens is 502 g/mol. The maximum atomic E-state index is 13.9. The van der Waals surface area contributed by atoms with E-state index < -0.39 is 28.5 Å². The third kappa shape index (κ3) is 6.52. The van der Waals surface area contributed by atoms with Crippen LogP contribution in [0.15, 0.2) is 77.7 Å². The first kappa shape index (κ1) is 28.7. The van der Waals surface area contributed by atoms with E-state index in [0.717, 1.165) is 15.4 Å². The van der Waals surface area contributed by atoms with E-state index in [9.17, 15) is 18.0 Å². The van der Waals surface area contributed by atoms with Gasteiger partial charge in [-0.25, -0.2) is 8.42 Å². The topological polar surface area (TPSA) is 96.0 Å². The Balaban J connectivity index is 2.06. The summed E-state index contributed by atoms with van der Waals surface area (Å²) in [5.41, 5.74) is 2.81. The van der Waals surface area contributed by atoms with E-state index in [0.29, 0.717) is 23.4 Å². The minimum Gasteiger partial charge on any atom is -0.497 e. The van der Waals surface area contributed by atoms with Crippen molar-refractivity contribution in [3.05, 3.63) is 89.5 Å². The fourth-order valence-electron chi connectivity index (χ4n) is 4.21. The van der Waals surface area contributed by atoms with Crippen LogP contribution in [-0.4, -0.2) is 51.9 Å². The average molecular weight is 538 g/mol. The Morgan fingerprint density at radius 1 is 0.947 bits per heavy atom. The van der Waals surface area contributed by atoms with E-state index >= 15 is 0 Å². The lowest BCUT2D eigenvalue weighted by Crippen LogP contribution is -2.51. The first-order valence-corrected chi connectivity index (χ1v) is 13.8. The lowest BCUT2D eigenvalue weighted by molar-refractivity contribution is -0.140. The van der Waals surface area contributed by atoms with Gasteiger partial charge in [-0.2, -0.15) is 0 Å². The Kier molecular flexibility index (Phi) is 9.52. The summed E-state index contributed by atoms with van der Waals surface area (Å²) in [5.74, 6) is -0.145. The molecule has 0 aromatic heterocycles. The van der Waals surface area contributed by atoms with Crippen LogP contribution in [0.2, 0.25) is 0 Å². The molecule has 0 heterocycles. The van der Waals surface area contributed by atoms with E-state index in [1.807, 2.05) is 32.0 Å². The van der Waals surface area contributed by atoms with Crippen LogP contribution in [0.4, 0.5) is 5.69 Å². The zero-order chi connectivity index (χ0) is 27.9. The normalized spacial score (nSPS) is 11.9. The van der Waals surface area contributed by atoms with Gasteiger partial charge in [-0.05, 0) is 61.7 Å². The number of nitrogens with one attached hydrogen (secondary N) is 1. The van der Waals surface area contributed by atoms with Gasteiger partial charge in [0.1, 0.15) is 18.3 Å². The third-order valence-corrected chi connectivity index (χ3v) is 8.19. The zero-order valence-corrected chi connectivity index (χ0v) is 23.3. The smallest absolute Gasteiger partial charge is 0.264 e. The van der Waals surface area contributed by atoms with Crippen LogP contribution in [0.25, 0.3) is 0 Å². The minimum atomic E-state index is -4.09. The number of hydrogen-bond donors (Lipinski definition) is 1. The zero-order valence-electron chi connectivity index (χ0n) is 22.5. The number of sulfonamides is 1. The quantitative estimate of drug-likeness (QED) is 0.398. The SMILES string of the molecule is CC[C@@H](C(=O)NC)N(Cc1ccc(OC)cc1)C(=O)CN(c1ccccc1C)S(=O)(=O)c1ccc(C)cc1. The predicted molar refractivity (Wildman–Crippen MR) is 149 cm³/mol. The molecule has 3 aromatic carbocycles. The third-order valence-electron chi connectivity index (χ3n) is 6.42. The minimum absolute atomic E-state index is 0.0826. The Bertz CT molecular complexity index is 1360. The van der Waals surface area contributed by atoms with Crippen molar-refractivity contribution in [2.24, 2.45) is 0 Å². The molecule has 0 radical (unpaired) electrons. The van der Waals surface area contributed by atoms with E-state index in [2.05, 4.69) is 5.32 Å². The predicted octanol–water partition coefficient (Wildman–Crippen LogP) is 4.06. The second-order valence-electron chi connectivity index (χ2n) is 9.02. The lowest BCUT2D eigenvalue weighted by atomic mass is 10.1. The van der Waals surface area contributed by atoms with Gasteiger partial charge in [-0.3, -0.25) is 13.9 Å². The number of aryl methyl sites for hydroxylation is 2. The molecule has 0 fully saturated rings. The number of carbonyl (C=O) groups is 2. The first-order valence-electron chi connectivity index (χ1n) is 12.4. The fourth-order valence-corrected chi connectivity index (χ4v) is 5.69. The summed E-state index contributed by atoms with van der Waals surface area (Å²) < 4.78 is 34.1. The van der Waals surface area contributed by atoms with E-state index in [1.165, 1.54) is 24.1 Å². The van der Waals surface area contributed by atoms with Gasteiger partial charge in [-0.15, -0.1) is 0 Å². The molecule has 0 aliphatic carbocycles. The highest BCUT2D eigenvalue weighted by atomic mass is 32.2. The molecular formula is C29H35N3O5S. The van der Waals surface area contributed by atoms with E-state index in [-0.39, 0.29) is 17.3 Å². The summed E-state index contributed by atoms with van der Waals surface area (Å²) in [6, 6.07) is 19.9. The second-order valence-corrected chi connectivity index (χ2v) is 10.9. The van der Waals surface area contributed by atoms with Crippen LogP contribution in [-0.2, 0) is 26.2 Å². The first-order chi connectivity index (χ1) is 18.1. The molecule has 1 atom stereocenters. The Hall–Kier alpha value is -3.85. The monoisotopic (exact) mass is 537 g/mol. The van der Waals surface area contributed by atoms with Crippen molar-refractivity contribution in [3.8, 4) is 5.75 Å². The number of likely N-dealkylation sites (N-methyl/N-ethyl adjacent to an activating group) is 1. The van der Waals surface area contributed by atoms with Crippen LogP contribution < -0.4 is 14.4 Å². The van der Waals surface area contributed by atoms with Crippen LogP contribution in [0.3, 0.4) is 0 Å². The maximum absolute atomic E-state index is 13.9. The molecule has 2 amide bonds. The number of hydrogen-bond acceptors (Lipinski definition) is 5. The number of anilines is 1. The van der Waals surface area contributed by atoms with Crippen LogP contribution in [0.5, 0.6) is 5.75 Å². The number of carbonyl (C=O) groups excluding carboxylic acids is 2. The largest absolute Gasteiger partial charge is 0.497 e. The molecule has 0 spiro atoms. The van der Waals surface area contributed by atoms with Gasteiger partial charge in [-0.1, -0.05) is 55.0 Å². The standard InChI is InChI=1S/C29H35N3O5S/c1-6-26(29(34)30-4)31(19-23-13-15-24(37-5)16-14-23)28(33)20-32(27-10-8-7-9-22(27)3)38(35,36)25-17-11-21(2)12-18-25/h7-18,26H,6,19-20H2,1-5H3,(H,30,34)/t26-/m0/s1.